The maximum Gasteiger partial charge on any atom is 0.320 e. The molecule has 1 heterocycles. The second-order valence-electron chi connectivity index (χ2n) is 10.9. The standard InChI is InChI=1S/C24H36O5/c1-5-22(3,7-8-23(4)14-19(25)28-20(23)26)21(27)29-24(6-2)17-10-15-9-16(12-17)13-18(24)11-15/h15-18H,5-14H2,1-4H3. The fourth-order valence-corrected chi connectivity index (χ4v) is 6.91. The lowest BCUT2D eigenvalue weighted by Gasteiger charge is -2.60. The predicted molar refractivity (Wildman–Crippen MR) is 108 cm³/mol. The molecule has 2 atom stereocenters. The number of esters is 3. The quantitative estimate of drug-likeness (QED) is 0.450. The van der Waals surface area contributed by atoms with Gasteiger partial charge in [0, 0.05) is 0 Å². The summed E-state index contributed by atoms with van der Waals surface area (Å²) in [5.41, 5.74) is -1.77. The summed E-state index contributed by atoms with van der Waals surface area (Å²) in [6.07, 6.45) is 8.87. The summed E-state index contributed by atoms with van der Waals surface area (Å²) in [5.74, 6) is 1.65. The maximum atomic E-state index is 13.5. The van der Waals surface area contributed by atoms with Crippen LogP contribution >= 0.6 is 0 Å². The van der Waals surface area contributed by atoms with E-state index in [0.29, 0.717) is 31.1 Å². The highest BCUT2D eigenvalue weighted by Gasteiger charge is 2.59. The normalized spacial score (nSPS) is 42.6. The van der Waals surface area contributed by atoms with E-state index in [4.69, 9.17) is 9.47 Å². The number of rotatable bonds is 7. The van der Waals surface area contributed by atoms with Crippen LogP contribution in [0.5, 0.6) is 0 Å². The molecule has 2 unspecified atom stereocenters. The van der Waals surface area contributed by atoms with E-state index in [9.17, 15) is 14.4 Å². The van der Waals surface area contributed by atoms with Gasteiger partial charge in [-0.2, -0.15) is 0 Å². The lowest BCUT2D eigenvalue weighted by molar-refractivity contribution is -0.219. The van der Waals surface area contributed by atoms with E-state index in [-0.39, 0.29) is 18.0 Å². The van der Waals surface area contributed by atoms with Crippen LogP contribution < -0.4 is 0 Å². The summed E-state index contributed by atoms with van der Waals surface area (Å²) in [7, 11) is 0. The van der Waals surface area contributed by atoms with Crippen LogP contribution in [0, 0.1) is 34.5 Å². The number of hydrogen-bond donors (Lipinski definition) is 0. The fraction of sp³-hybridized carbons (Fsp3) is 0.875. The molecule has 0 aromatic heterocycles. The van der Waals surface area contributed by atoms with Gasteiger partial charge in [0.05, 0.1) is 17.3 Å². The van der Waals surface area contributed by atoms with Crippen LogP contribution in [0.15, 0.2) is 0 Å². The van der Waals surface area contributed by atoms with Crippen molar-refractivity contribution in [1.82, 2.24) is 0 Å². The Balaban J connectivity index is 1.48. The molecule has 0 amide bonds. The smallest absolute Gasteiger partial charge is 0.320 e. The van der Waals surface area contributed by atoms with Crippen molar-refractivity contribution in [3.8, 4) is 0 Å². The van der Waals surface area contributed by atoms with Crippen LogP contribution in [0.3, 0.4) is 0 Å². The first-order chi connectivity index (χ1) is 13.6. The van der Waals surface area contributed by atoms with Gasteiger partial charge in [0.25, 0.3) is 0 Å². The van der Waals surface area contributed by atoms with E-state index in [1.807, 2.05) is 13.8 Å². The van der Waals surface area contributed by atoms with Crippen LogP contribution in [0.4, 0.5) is 0 Å². The zero-order valence-corrected chi connectivity index (χ0v) is 18.4. The number of ether oxygens (including phenoxy) is 2. The van der Waals surface area contributed by atoms with E-state index < -0.39 is 22.8 Å². The van der Waals surface area contributed by atoms with Crippen LogP contribution in [-0.2, 0) is 23.9 Å². The van der Waals surface area contributed by atoms with Gasteiger partial charge >= 0.3 is 17.9 Å². The van der Waals surface area contributed by atoms with E-state index >= 15 is 0 Å². The molecular formula is C24H36O5. The van der Waals surface area contributed by atoms with Crippen molar-refractivity contribution in [2.45, 2.75) is 97.5 Å². The maximum absolute atomic E-state index is 13.5. The SMILES string of the molecule is CCC(C)(CCC1(C)CC(=O)OC1=O)C(=O)OC1(CC)C2CC3CC(C2)CC1C3. The number of carbonyl (C=O) groups excluding carboxylic acids is 3. The highest BCUT2D eigenvalue weighted by atomic mass is 16.6. The molecule has 5 aliphatic rings. The highest BCUT2D eigenvalue weighted by Crippen LogP contribution is 2.61. The molecule has 5 fully saturated rings. The van der Waals surface area contributed by atoms with Crippen molar-refractivity contribution in [1.29, 1.82) is 0 Å². The summed E-state index contributed by atoms with van der Waals surface area (Å²) in [6.45, 7) is 7.92. The van der Waals surface area contributed by atoms with Crippen LogP contribution in [0.25, 0.3) is 0 Å². The minimum atomic E-state index is -0.821. The third-order valence-corrected chi connectivity index (χ3v) is 9.09. The molecule has 4 aliphatic carbocycles. The van der Waals surface area contributed by atoms with Gasteiger partial charge in [-0.25, -0.2) is 0 Å². The van der Waals surface area contributed by atoms with Gasteiger partial charge in [-0.05, 0) is 95.3 Å². The topological polar surface area (TPSA) is 69.7 Å². The third kappa shape index (κ3) is 3.33. The predicted octanol–water partition coefficient (Wildman–Crippen LogP) is 4.81. The molecule has 4 bridgehead atoms. The molecule has 0 aromatic carbocycles. The van der Waals surface area contributed by atoms with Gasteiger partial charge in [-0.15, -0.1) is 0 Å². The minimum absolute atomic E-state index is 0.104. The molecule has 5 heteroatoms. The monoisotopic (exact) mass is 404 g/mol. The highest BCUT2D eigenvalue weighted by molar-refractivity contribution is 5.97. The number of hydrogen-bond acceptors (Lipinski definition) is 5. The number of carbonyl (C=O) groups is 3. The molecule has 5 nitrogen and oxygen atoms in total. The van der Waals surface area contributed by atoms with Gasteiger partial charge in [0.15, 0.2) is 0 Å². The Hall–Kier alpha value is -1.39. The van der Waals surface area contributed by atoms with Crippen molar-refractivity contribution in [3.63, 3.8) is 0 Å². The van der Waals surface area contributed by atoms with E-state index in [2.05, 4.69) is 6.92 Å². The molecule has 0 spiro atoms. The Kier molecular flexibility index (Phi) is 5.10. The van der Waals surface area contributed by atoms with Gasteiger partial charge in [-0.3, -0.25) is 14.4 Å². The molecule has 5 rings (SSSR count). The summed E-state index contributed by atoms with van der Waals surface area (Å²) < 4.78 is 11.3. The van der Waals surface area contributed by atoms with Crippen molar-refractivity contribution in [2.24, 2.45) is 34.5 Å². The molecule has 4 saturated carbocycles. The average molecular weight is 405 g/mol. The molecule has 0 aromatic rings. The molecule has 162 valence electrons. The Labute approximate surface area is 174 Å². The van der Waals surface area contributed by atoms with Crippen LogP contribution in [0.2, 0.25) is 0 Å². The van der Waals surface area contributed by atoms with Gasteiger partial charge in [-0.1, -0.05) is 13.8 Å². The van der Waals surface area contributed by atoms with E-state index in [1.54, 1.807) is 6.92 Å². The fourth-order valence-electron chi connectivity index (χ4n) is 6.91. The van der Waals surface area contributed by atoms with Crippen molar-refractivity contribution in [2.75, 3.05) is 0 Å². The molecule has 1 saturated heterocycles. The molecule has 29 heavy (non-hydrogen) atoms. The molecule has 0 N–H and O–H groups in total. The molecule has 0 radical (unpaired) electrons. The Bertz CT molecular complexity index is 684. The first-order valence-electron chi connectivity index (χ1n) is 11.6. The summed E-state index contributed by atoms with van der Waals surface area (Å²) >= 11 is 0. The van der Waals surface area contributed by atoms with Crippen molar-refractivity contribution < 1.29 is 23.9 Å². The Morgan fingerprint density at radius 3 is 2.14 bits per heavy atom. The first-order valence-corrected chi connectivity index (χ1v) is 11.6. The Morgan fingerprint density at radius 1 is 1.10 bits per heavy atom. The summed E-state index contributed by atoms with van der Waals surface area (Å²) in [4.78, 5) is 37.2. The second-order valence-corrected chi connectivity index (χ2v) is 10.9. The number of cyclic esters (lactones) is 2. The zero-order valence-electron chi connectivity index (χ0n) is 18.4. The lowest BCUT2D eigenvalue weighted by atomic mass is 9.49. The van der Waals surface area contributed by atoms with E-state index in [1.165, 1.54) is 32.1 Å². The van der Waals surface area contributed by atoms with Crippen molar-refractivity contribution >= 4 is 17.9 Å². The average Bonchev–Trinajstić information content (AvgIpc) is 2.94. The molecule has 1 aliphatic heterocycles. The lowest BCUT2D eigenvalue weighted by Crippen LogP contribution is -2.60. The minimum Gasteiger partial charge on any atom is -0.458 e. The van der Waals surface area contributed by atoms with E-state index in [0.717, 1.165) is 18.3 Å². The van der Waals surface area contributed by atoms with Gasteiger partial charge in [0.1, 0.15) is 5.60 Å². The van der Waals surface area contributed by atoms with Gasteiger partial charge in [0.2, 0.25) is 0 Å². The Morgan fingerprint density at radius 2 is 1.69 bits per heavy atom. The first kappa shape index (κ1) is 20.9. The van der Waals surface area contributed by atoms with Gasteiger partial charge < -0.3 is 9.47 Å². The zero-order chi connectivity index (χ0) is 21.0. The second kappa shape index (κ2) is 7.09. The summed E-state index contributed by atoms with van der Waals surface area (Å²) in [5, 5.41) is 0. The molecular weight excluding hydrogens is 368 g/mol. The largest absolute Gasteiger partial charge is 0.458 e. The van der Waals surface area contributed by atoms with Crippen LogP contribution in [-0.4, -0.2) is 23.5 Å². The van der Waals surface area contributed by atoms with Crippen molar-refractivity contribution in [3.05, 3.63) is 0 Å². The third-order valence-electron chi connectivity index (χ3n) is 9.09. The summed E-state index contributed by atoms with van der Waals surface area (Å²) in [6, 6.07) is 0. The van der Waals surface area contributed by atoms with Crippen LogP contribution in [0.1, 0.15) is 91.9 Å².